The monoisotopic (exact) mass is 416 g/mol. The summed E-state index contributed by atoms with van der Waals surface area (Å²) in [5, 5.41) is -0.263. The molecule has 0 aliphatic carbocycles. The number of halogens is 8. The Morgan fingerprint density at radius 1 is 0.680 bits per heavy atom. The lowest BCUT2D eigenvalue weighted by molar-refractivity contribution is -0.138. The lowest BCUT2D eigenvalue weighted by Crippen LogP contribution is -2.53. The highest BCUT2D eigenvalue weighted by Crippen LogP contribution is 2.35. The van der Waals surface area contributed by atoms with Gasteiger partial charge in [0.05, 0.1) is 21.2 Å². The molecule has 136 valence electrons. The van der Waals surface area contributed by atoms with Crippen LogP contribution in [0.2, 0.25) is 23.1 Å². The van der Waals surface area contributed by atoms with Gasteiger partial charge < -0.3 is 0 Å². The van der Waals surface area contributed by atoms with Crippen molar-refractivity contribution in [1.29, 1.82) is 0 Å². The molecule has 0 aliphatic heterocycles. The first-order valence-corrected chi connectivity index (χ1v) is 10.7. The Hall–Kier alpha value is -1.18. The van der Waals surface area contributed by atoms with Crippen LogP contribution in [0.3, 0.4) is 0 Å². The Kier molecular flexibility index (Phi) is 5.25. The molecule has 0 saturated carbocycles. The van der Waals surface area contributed by atoms with Crippen molar-refractivity contribution in [3.8, 4) is 0 Å². The van der Waals surface area contributed by atoms with Crippen molar-refractivity contribution in [3.05, 3.63) is 57.6 Å². The molecule has 9 heteroatoms. The number of alkyl halides is 6. The fourth-order valence-electron chi connectivity index (χ4n) is 2.43. The minimum absolute atomic E-state index is 0.319. The molecule has 0 bridgehead atoms. The van der Waals surface area contributed by atoms with Gasteiger partial charge in [0.1, 0.15) is 8.07 Å². The second kappa shape index (κ2) is 6.52. The van der Waals surface area contributed by atoms with Crippen molar-refractivity contribution in [2.24, 2.45) is 0 Å². The minimum Gasteiger partial charge on any atom is -0.166 e. The normalized spacial score (nSPS) is 13.2. The third-order valence-corrected chi connectivity index (χ3v) is 8.15. The maximum atomic E-state index is 13.1. The third kappa shape index (κ3) is 4.15. The van der Waals surface area contributed by atoms with Crippen LogP contribution in [-0.2, 0) is 12.4 Å². The van der Waals surface area contributed by atoms with E-state index in [4.69, 9.17) is 23.2 Å². The van der Waals surface area contributed by atoms with Gasteiger partial charge >= 0.3 is 12.4 Å². The number of rotatable bonds is 2. The topological polar surface area (TPSA) is 0 Å². The van der Waals surface area contributed by atoms with Crippen LogP contribution >= 0.6 is 23.2 Å². The lowest BCUT2D eigenvalue weighted by atomic mass is 10.2. The molecule has 2 rings (SSSR count). The van der Waals surface area contributed by atoms with E-state index < -0.39 is 41.6 Å². The molecular formula is C16H12Cl2F6Si. The van der Waals surface area contributed by atoms with E-state index in [1.807, 2.05) is 0 Å². The van der Waals surface area contributed by atoms with Gasteiger partial charge in [-0.3, -0.25) is 0 Å². The molecule has 0 N–H and O–H groups in total. The Morgan fingerprint density at radius 2 is 1.00 bits per heavy atom. The largest absolute Gasteiger partial charge is 0.417 e. The molecule has 0 unspecified atom stereocenters. The van der Waals surface area contributed by atoms with Crippen LogP contribution in [0, 0.1) is 0 Å². The van der Waals surface area contributed by atoms with Gasteiger partial charge in [0.15, 0.2) is 0 Å². The quantitative estimate of drug-likeness (QED) is 0.425. The second-order valence-corrected chi connectivity index (χ2v) is 11.2. The van der Waals surface area contributed by atoms with Gasteiger partial charge in [-0.25, -0.2) is 0 Å². The first kappa shape index (κ1) is 20.1. The van der Waals surface area contributed by atoms with Gasteiger partial charge in [-0.1, -0.05) is 58.8 Å². The van der Waals surface area contributed by atoms with Crippen molar-refractivity contribution in [2.75, 3.05) is 0 Å². The van der Waals surface area contributed by atoms with Crippen LogP contribution in [0.1, 0.15) is 11.1 Å². The maximum absolute atomic E-state index is 13.1. The first-order chi connectivity index (χ1) is 11.2. The molecule has 0 spiro atoms. The van der Waals surface area contributed by atoms with Crippen LogP contribution in [-0.4, -0.2) is 8.07 Å². The van der Waals surface area contributed by atoms with Crippen LogP contribution in [0.5, 0.6) is 0 Å². The molecule has 2 aromatic rings. The molecule has 0 fully saturated rings. The molecule has 0 atom stereocenters. The molecule has 0 radical (unpaired) electrons. The van der Waals surface area contributed by atoms with E-state index in [1.54, 1.807) is 13.1 Å². The van der Waals surface area contributed by atoms with Crippen molar-refractivity contribution in [3.63, 3.8) is 0 Å². The highest BCUT2D eigenvalue weighted by atomic mass is 35.5. The fraction of sp³-hybridized carbons (Fsp3) is 0.250. The second-order valence-electron chi connectivity index (χ2n) is 6.01. The number of hydrogen-bond donors (Lipinski definition) is 0. The summed E-state index contributed by atoms with van der Waals surface area (Å²) in [5.41, 5.74) is -2.01. The molecule has 0 aromatic heterocycles. The van der Waals surface area contributed by atoms with Gasteiger partial charge in [-0.05, 0) is 24.3 Å². The average molecular weight is 417 g/mol. The van der Waals surface area contributed by atoms with Crippen LogP contribution < -0.4 is 10.4 Å². The van der Waals surface area contributed by atoms with Crippen LogP contribution in [0.4, 0.5) is 26.3 Å². The zero-order chi connectivity index (χ0) is 19.2. The molecular weight excluding hydrogens is 405 g/mol. The third-order valence-electron chi connectivity index (χ3n) is 3.99. The summed E-state index contributed by atoms with van der Waals surface area (Å²) in [6.45, 7) is 3.33. The smallest absolute Gasteiger partial charge is 0.166 e. The maximum Gasteiger partial charge on any atom is 0.417 e. The summed E-state index contributed by atoms with van der Waals surface area (Å²) in [4.78, 5) is 0. The Labute approximate surface area is 151 Å². The summed E-state index contributed by atoms with van der Waals surface area (Å²) < 4.78 is 78.3. The first-order valence-electron chi connectivity index (χ1n) is 6.99. The zero-order valence-electron chi connectivity index (χ0n) is 13.0. The summed E-state index contributed by atoms with van der Waals surface area (Å²) in [7, 11) is -2.84. The van der Waals surface area contributed by atoms with Crippen LogP contribution in [0.25, 0.3) is 0 Å². The molecule has 0 heterocycles. The molecule has 0 nitrogen and oxygen atoms in total. The number of hydrogen-bond acceptors (Lipinski definition) is 0. The summed E-state index contributed by atoms with van der Waals surface area (Å²) >= 11 is 11.2. The van der Waals surface area contributed by atoms with Gasteiger partial charge in [0.2, 0.25) is 0 Å². The van der Waals surface area contributed by atoms with Crippen LogP contribution in [0.15, 0.2) is 36.4 Å². The highest BCUT2D eigenvalue weighted by molar-refractivity contribution is 7.00. The summed E-state index contributed by atoms with van der Waals surface area (Å²) in [6, 6.07) is 6.91. The molecule has 2 aromatic carbocycles. The van der Waals surface area contributed by atoms with Crippen molar-refractivity contribution >= 4 is 41.6 Å². The van der Waals surface area contributed by atoms with E-state index in [1.165, 1.54) is 12.1 Å². The SMILES string of the molecule is C[Si](C)(c1ccc(Cl)c(C(F)(F)F)c1)c1ccc(Cl)c(C(F)(F)F)c1. The molecule has 0 amide bonds. The van der Waals surface area contributed by atoms with Crippen molar-refractivity contribution in [1.82, 2.24) is 0 Å². The van der Waals surface area contributed by atoms with Gasteiger partial charge in [-0.15, -0.1) is 0 Å². The molecule has 25 heavy (non-hydrogen) atoms. The zero-order valence-corrected chi connectivity index (χ0v) is 15.5. The van der Waals surface area contributed by atoms with E-state index >= 15 is 0 Å². The highest BCUT2D eigenvalue weighted by Gasteiger charge is 2.38. The standard InChI is InChI=1S/C16H12Cl2F6Si/c1-25(2,9-3-5-13(17)11(7-9)15(19,20)21)10-4-6-14(18)12(8-10)16(22,23)24/h3-8H,1-2H3. The predicted molar refractivity (Wildman–Crippen MR) is 89.7 cm³/mol. The average Bonchev–Trinajstić information content (AvgIpc) is 2.45. The van der Waals surface area contributed by atoms with Gasteiger partial charge in [0, 0.05) is 0 Å². The van der Waals surface area contributed by atoms with Gasteiger partial charge in [0.25, 0.3) is 0 Å². The minimum atomic E-state index is -4.64. The lowest BCUT2D eigenvalue weighted by Gasteiger charge is -2.26. The predicted octanol–water partition coefficient (Wildman–Crippen LogP) is 5.85. The van der Waals surface area contributed by atoms with E-state index in [0.717, 1.165) is 24.3 Å². The van der Waals surface area contributed by atoms with E-state index in [-0.39, 0.29) is 0 Å². The van der Waals surface area contributed by atoms with Crippen molar-refractivity contribution in [2.45, 2.75) is 25.4 Å². The Morgan fingerprint density at radius 3 is 1.28 bits per heavy atom. The summed E-state index contributed by atoms with van der Waals surface area (Å²) in [5.74, 6) is 0. The number of benzene rings is 2. The van der Waals surface area contributed by atoms with E-state index in [0.29, 0.717) is 10.4 Å². The Balaban J connectivity index is 2.60. The van der Waals surface area contributed by atoms with Gasteiger partial charge in [-0.2, -0.15) is 26.3 Å². The van der Waals surface area contributed by atoms with Crippen molar-refractivity contribution < 1.29 is 26.3 Å². The Bertz CT molecular complexity index is 731. The molecule has 0 saturated heterocycles. The van der Waals surface area contributed by atoms with E-state index in [9.17, 15) is 26.3 Å². The fourth-order valence-corrected chi connectivity index (χ4v) is 5.22. The summed E-state index contributed by atoms with van der Waals surface area (Å²) in [6.07, 6.45) is -9.29. The molecule has 0 aliphatic rings. The van der Waals surface area contributed by atoms with E-state index in [2.05, 4.69) is 0 Å².